The van der Waals surface area contributed by atoms with E-state index < -0.39 is 0 Å². The molecule has 1 atom stereocenters. The van der Waals surface area contributed by atoms with Crippen LogP contribution in [0.1, 0.15) is 13.3 Å². The summed E-state index contributed by atoms with van der Waals surface area (Å²) in [5, 5.41) is 0. The Bertz CT molecular complexity index is 199. The van der Waals surface area contributed by atoms with Crippen molar-refractivity contribution in [3.8, 4) is 0 Å². The van der Waals surface area contributed by atoms with Gasteiger partial charge in [-0.05, 0) is 18.9 Å². The van der Waals surface area contributed by atoms with E-state index in [2.05, 4.69) is 25.7 Å². The summed E-state index contributed by atoms with van der Waals surface area (Å²) in [5.74, 6) is 0. The molecule has 1 unspecified atom stereocenters. The summed E-state index contributed by atoms with van der Waals surface area (Å²) >= 11 is 0. The Labute approximate surface area is 61.9 Å². The Kier molecular flexibility index (Phi) is 2.07. The van der Waals surface area contributed by atoms with Crippen molar-refractivity contribution in [2.24, 2.45) is 5.73 Å². The first-order chi connectivity index (χ1) is 4.74. The first kappa shape index (κ1) is 7.29. The lowest BCUT2D eigenvalue weighted by atomic mass is 9.96. The summed E-state index contributed by atoms with van der Waals surface area (Å²) in [4.78, 5) is 0. The lowest BCUT2D eigenvalue weighted by Crippen LogP contribution is -2.22. The highest BCUT2D eigenvalue weighted by molar-refractivity contribution is 5.35. The van der Waals surface area contributed by atoms with Crippen LogP contribution < -0.4 is 5.73 Å². The molecule has 0 spiro atoms. The average molecular weight is 135 g/mol. The number of hydrogen-bond donors (Lipinski definition) is 1. The van der Waals surface area contributed by atoms with Gasteiger partial charge in [0, 0.05) is 6.04 Å². The van der Waals surface area contributed by atoms with Crippen LogP contribution in [-0.2, 0) is 0 Å². The highest BCUT2D eigenvalue weighted by Crippen LogP contribution is 2.16. The molecular weight excluding hydrogens is 122 g/mol. The molecule has 0 fully saturated rings. The van der Waals surface area contributed by atoms with Gasteiger partial charge in [-0.25, -0.2) is 0 Å². The van der Waals surface area contributed by atoms with Crippen LogP contribution in [0.5, 0.6) is 0 Å². The predicted octanol–water partition coefficient (Wildman–Crippen LogP) is 1.78. The third-order valence-electron chi connectivity index (χ3n) is 1.75. The van der Waals surface area contributed by atoms with E-state index in [0.717, 1.165) is 12.0 Å². The maximum Gasteiger partial charge on any atom is 0.0329 e. The van der Waals surface area contributed by atoms with Gasteiger partial charge < -0.3 is 5.73 Å². The second-order valence-electron chi connectivity index (χ2n) is 2.64. The van der Waals surface area contributed by atoms with Crippen LogP contribution in [0.3, 0.4) is 0 Å². The molecular formula is C9H13N. The Morgan fingerprint density at radius 3 is 3.00 bits per heavy atom. The maximum absolute atomic E-state index is 5.77. The highest BCUT2D eigenvalue weighted by Gasteiger charge is 2.07. The normalized spacial score (nSPS) is 25.2. The minimum atomic E-state index is 0.168. The molecule has 0 radical (unpaired) electrons. The zero-order chi connectivity index (χ0) is 7.56. The van der Waals surface area contributed by atoms with Crippen molar-refractivity contribution in [1.82, 2.24) is 0 Å². The fraction of sp³-hybridized carbons (Fsp3) is 0.333. The van der Waals surface area contributed by atoms with E-state index in [1.165, 1.54) is 5.57 Å². The van der Waals surface area contributed by atoms with Gasteiger partial charge in [0.2, 0.25) is 0 Å². The first-order valence-corrected chi connectivity index (χ1v) is 3.50. The van der Waals surface area contributed by atoms with Gasteiger partial charge >= 0.3 is 0 Å². The van der Waals surface area contributed by atoms with Gasteiger partial charge in [0.1, 0.15) is 0 Å². The van der Waals surface area contributed by atoms with Crippen LogP contribution in [0, 0.1) is 0 Å². The summed E-state index contributed by atoms with van der Waals surface area (Å²) in [6.07, 6.45) is 7.02. The van der Waals surface area contributed by atoms with Crippen LogP contribution in [0.4, 0.5) is 0 Å². The van der Waals surface area contributed by atoms with Crippen molar-refractivity contribution < 1.29 is 0 Å². The van der Waals surface area contributed by atoms with Gasteiger partial charge in [0.25, 0.3) is 0 Å². The summed E-state index contributed by atoms with van der Waals surface area (Å²) in [5.41, 5.74) is 8.21. The fourth-order valence-corrected chi connectivity index (χ4v) is 1.09. The van der Waals surface area contributed by atoms with Gasteiger partial charge in [0.15, 0.2) is 0 Å². The quantitative estimate of drug-likeness (QED) is 0.582. The molecule has 1 rings (SSSR count). The highest BCUT2D eigenvalue weighted by atomic mass is 14.6. The van der Waals surface area contributed by atoms with Crippen molar-refractivity contribution >= 4 is 0 Å². The zero-order valence-electron chi connectivity index (χ0n) is 6.30. The van der Waals surface area contributed by atoms with Crippen molar-refractivity contribution in [1.29, 1.82) is 0 Å². The second-order valence-corrected chi connectivity index (χ2v) is 2.64. The summed E-state index contributed by atoms with van der Waals surface area (Å²) in [6, 6.07) is 0.168. The van der Waals surface area contributed by atoms with Crippen LogP contribution in [0.2, 0.25) is 0 Å². The Hall–Kier alpha value is -0.820. The lowest BCUT2D eigenvalue weighted by Gasteiger charge is -2.15. The predicted molar refractivity (Wildman–Crippen MR) is 44.6 cm³/mol. The molecule has 0 bridgehead atoms. The zero-order valence-corrected chi connectivity index (χ0v) is 6.30. The van der Waals surface area contributed by atoms with E-state index in [0.29, 0.717) is 0 Å². The van der Waals surface area contributed by atoms with Crippen LogP contribution in [0.25, 0.3) is 0 Å². The Balaban J connectivity index is 2.83. The summed E-state index contributed by atoms with van der Waals surface area (Å²) < 4.78 is 0. The number of rotatable bonds is 1. The molecule has 0 aliphatic heterocycles. The minimum Gasteiger partial charge on any atom is -0.324 e. The molecule has 2 N–H and O–H groups in total. The van der Waals surface area contributed by atoms with Crippen LogP contribution in [-0.4, -0.2) is 6.04 Å². The molecule has 0 aromatic heterocycles. The standard InChI is InChI=1S/C9H13N/c1-3-8-6-7(2)4-5-9(8)10/h3-4,6,9H,1,5,10H2,2H3. The lowest BCUT2D eigenvalue weighted by molar-refractivity contribution is 0.786. The van der Waals surface area contributed by atoms with Crippen molar-refractivity contribution in [2.75, 3.05) is 0 Å². The van der Waals surface area contributed by atoms with Crippen molar-refractivity contribution in [3.63, 3.8) is 0 Å². The van der Waals surface area contributed by atoms with E-state index in [9.17, 15) is 0 Å². The largest absolute Gasteiger partial charge is 0.324 e. The topological polar surface area (TPSA) is 26.0 Å². The number of nitrogens with two attached hydrogens (primary N) is 1. The molecule has 0 saturated carbocycles. The average Bonchev–Trinajstić information content (AvgIpc) is 1.94. The molecule has 0 saturated heterocycles. The second kappa shape index (κ2) is 2.84. The molecule has 1 nitrogen and oxygen atoms in total. The minimum absolute atomic E-state index is 0.168. The molecule has 0 heterocycles. The van der Waals surface area contributed by atoms with Gasteiger partial charge in [0.05, 0.1) is 0 Å². The smallest absolute Gasteiger partial charge is 0.0329 e. The van der Waals surface area contributed by atoms with Crippen LogP contribution >= 0.6 is 0 Å². The molecule has 0 aromatic carbocycles. The number of hydrogen-bond acceptors (Lipinski definition) is 1. The van der Waals surface area contributed by atoms with Gasteiger partial charge in [-0.15, -0.1) is 0 Å². The SMILES string of the molecule is C=CC1=CC(C)=CCC1N. The van der Waals surface area contributed by atoms with E-state index in [1.54, 1.807) is 0 Å². The maximum atomic E-state index is 5.77. The van der Waals surface area contributed by atoms with Gasteiger partial charge in [-0.3, -0.25) is 0 Å². The molecule has 1 heteroatoms. The Morgan fingerprint density at radius 2 is 2.50 bits per heavy atom. The fourth-order valence-electron chi connectivity index (χ4n) is 1.09. The monoisotopic (exact) mass is 135 g/mol. The number of allylic oxidation sites excluding steroid dienone is 2. The molecule has 0 amide bonds. The van der Waals surface area contributed by atoms with E-state index >= 15 is 0 Å². The van der Waals surface area contributed by atoms with Crippen molar-refractivity contribution in [2.45, 2.75) is 19.4 Å². The van der Waals surface area contributed by atoms with E-state index in [-0.39, 0.29) is 6.04 Å². The first-order valence-electron chi connectivity index (χ1n) is 3.50. The third kappa shape index (κ3) is 1.36. The van der Waals surface area contributed by atoms with E-state index in [4.69, 9.17) is 5.73 Å². The summed E-state index contributed by atoms with van der Waals surface area (Å²) in [6.45, 7) is 5.77. The van der Waals surface area contributed by atoms with Crippen LogP contribution in [0.15, 0.2) is 36.0 Å². The molecule has 54 valence electrons. The Morgan fingerprint density at radius 1 is 1.80 bits per heavy atom. The van der Waals surface area contributed by atoms with Gasteiger partial charge in [-0.1, -0.05) is 30.4 Å². The van der Waals surface area contributed by atoms with Gasteiger partial charge in [-0.2, -0.15) is 0 Å². The van der Waals surface area contributed by atoms with E-state index in [1.807, 2.05) is 6.08 Å². The third-order valence-corrected chi connectivity index (χ3v) is 1.75. The molecule has 1 aliphatic rings. The summed E-state index contributed by atoms with van der Waals surface area (Å²) in [7, 11) is 0. The molecule has 1 aliphatic carbocycles. The van der Waals surface area contributed by atoms with Crippen molar-refractivity contribution in [3.05, 3.63) is 36.0 Å². The molecule has 10 heavy (non-hydrogen) atoms. The molecule has 0 aromatic rings.